The van der Waals surface area contributed by atoms with Crippen LogP contribution in [0.2, 0.25) is 0 Å². The van der Waals surface area contributed by atoms with Gasteiger partial charge in [-0.05, 0) is 108 Å². The SMILES string of the molecule is Cc1ccc(-c2ccc3ccc4c(-c5ccc(-n6c7ccccc7c7ccc(-c8ccc(-c9ccccc9)cc8)cc76)cc5)ccc5ccc2c3c54)cc1. The van der Waals surface area contributed by atoms with E-state index in [1.165, 1.54) is 104 Å². The van der Waals surface area contributed by atoms with Gasteiger partial charge in [0.05, 0.1) is 11.0 Å². The van der Waals surface area contributed by atoms with Gasteiger partial charge in [-0.2, -0.15) is 0 Å². The van der Waals surface area contributed by atoms with Crippen molar-refractivity contribution in [2.45, 2.75) is 6.92 Å². The molecule has 0 spiro atoms. The predicted molar refractivity (Wildman–Crippen MR) is 231 cm³/mol. The van der Waals surface area contributed by atoms with Crippen LogP contribution >= 0.6 is 0 Å². The molecule has 0 saturated heterocycles. The molecule has 0 aliphatic heterocycles. The lowest BCUT2D eigenvalue weighted by Gasteiger charge is -2.17. The third-order valence-corrected chi connectivity index (χ3v) is 11.5. The van der Waals surface area contributed by atoms with Gasteiger partial charge in [-0.25, -0.2) is 0 Å². The van der Waals surface area contributed by atoms with Gasteiger partial charge in [0.1, 0.15) is 0 Å². The molecule has 10 aromatic carbocycles. The van der Waals surface area contributed by atoms with Crippen molar-refractivity contribution in [1.29, 1.82) is 0 Å². The molecule has 0 saturated carbocycles. The number of para-hydroxylation sites is 1. The zero-order chi connectivity index (χ0) is 35.8. The van der Waals surface area contributed by atoms with Crippen molar-refractivity contribution >= 4 is 54.1 Å². The molecule has 11 rings (SSSR count). The summed E-state index contributed by atoms with van der Waals surface area (Å²) in [7, 11) is 0. The molecule has 0 N–H and O–H groups in total. The second-order valence-electron chi connectivity index (χ2n) is 14.6. The summed E-state index contributed by atoms with van der Waals surface area (Å²) in [4.78, 5) is 0. The lowest BCUT2D eigenvalue weighted by molar-refractivity contribution is 1.18. The van der Waals surface area contributed by atoms with Gasteiger partial charge in [0.25, 0.3) is 0 Å². The molecular formula is C53H35N. The summed E-state index contributed by atoms with van der Waals surface area (Å²) in [5.74, 6) is 0. The predicted octanol–water partition coefficient (Wildman–Crippen LogP) is 14.7. The maximum absolute atomic E-state index is 2.42. The smallest absolute Gasteiger partial charge is 0.0547 e. The fourth-order valence-corrected chi connectivity index (χ4v) is 8.74. The number of fused-ring (bicyclic) bond motifs is 3. The molecule has 0 amide bonds. The molecular weight excluding hydrogens is 651 g/mol. The average molecular weight is 686 g/mol. The summed E-state index contributed by atoms with van der Waals surface area (Å²) < 4.78 is 2.42. The first-order valence-corrected chi connectivity index (χ1v) is 18.8. The number of aromatic nitrogens is 1. The standard InChI is InChI=1S/C53H35N/c1-34-11-13-38(14-12-34)44-28-21-40-24-32-49-45(29-22-41-23-31-48(44)52(40)53(41)49)39-19-26-43(27-20-39)54-50-10-6-5-9-46(50)47-30-25-42(33-51(47)54)37-17-15-36(16-18-37)35-7-3-2-4-8-35/h2-33H,1H3. The van der Waals surface area contributed by atoms with E-state index in [0.29, 0.717) is 0 Å². The summed E-state index contributed by atoms with van der Waals surface area (Å²) in [5.41, 5.74) is 14.8. The Balaban J connectivity index is 1.02. The van der Waals surface area contributed by atoms with Crippen LogP contribution in [0.4, 0.5) is 0 Å². The van der Waals surface area contributed by atoms with Crippen LogP contribution < -0.4 is 0 Å². The van der Waals surface area contributed by atoms with Crippen molar-refractivity contribution in [2.75, 3.05) is 0 Å². The van der Waals surface area contributed by atoms with Crippen LogP contribution in [-0.2, 0) is 0 Å². The van der Waals surface area contributed by atoms with Gasteiger partial charge in [0.2, 0.25) is 0 Å². The van der Waals surface area contributed by atoms with E-state index in [-0.39, 0.29) is 0 Å². The third kappa shape index (κ3) is 4.79. The van der Waals surface area contributed by atoms with Crippen LogP contribution in [0.3, 0.4) is 0 Å². The van der Waals surface area contributed by atoms with E-state index in [1.807, 2.05) is 0 Å². The van der Waals surface area contributed by atoms with Crippen molar-refractivity contribution in [2.24, 2.45) is 0 Å². The van der Waals surface area contributed by atoms with Gasteiger partial charge in [-0.1, -0.05) is 175 Å². The maximum Gasteiger partial charge on any atom is 0.0547 e. The van der Waals surface area contributed by atoms with Crippen LogP contribution in [0.15, 0.2) is 194 Å². The van der Waals surface area contributed by atoms with Crippen LogP contribution in [0.25, 0.3) is 104 Å². The first-order chi connectivity index (χ1) is 26.7. The monoisotopic (exact) mass is 685 g/mol. The van der Waals surface area contributed by atoms with Gasteiger partial charge < -0.3 is 4.57 Å². The Labute approximate surface area is 314 Å². The quantitative estimate of drug-likeness (QED) is 0.159. The highest BCUT2D eigenvalue weighted by atomic mass is 15.0. The van der Waals surface area contributed by atoms with Crippen LogP contribution in [0.1, 0.15) is 5.56 Å². The zero-order valence-corrected chi connectivity index (χ0v) is 29.9. The van der Waals surface area contributed by atoms with Gasteiger partial charge in [0.15, 0.2) is 0 Å². The summed E-state index contributed by atoms with van der Waals surface area (Å²) in [6, 6.07) is 71.6. The van der Waals surface area contributed by atoms with E-state index >= 15 is 0 Å². The normalized spacial score (nSPS) is 11.8. The fraction of sp³-hybridized carbons (Fsp3) is 0.0189. The van der Waals surface area contributed by atoms with Crippen molar-refractivity contribution in [1.82, 2.24) is 4.57 Å². The average Bonchev–Trinajstić information content (AvgIpc) is 3.57. The molecule has 0 radical (unpaired) electrons. The second kappa shape index (κ2) is 12.0. The molecule has 252 valence electrons. The highest BCUT2D eigenvalue weighted by Gasteiger charge is 2.17. The Morgan fingerprint density at radius 1 is 0.315 bits per heavy atom. The molecule has 1 nitrogen and oxygen atoms in total. The minimum atomic E-state index is 1.15. The molecule has 1 heteroatoms. The van der Waals surface area contributed by atoms with Crippen molar-refractivity contribution in [3.8, 4) is 50.2 Å². The van der Waals surface area contributed by atoms with Crippen molar-refractivity contribution < 1.29 is 0 Å². The third-order valence-electron chi connectivity index (χ3n) is 11.5. The first-order valence-electron chi connectivity index (χ1n) is 18.8. The van der Waals surface area contributed by atoms with E-state index in [1.54, 1.807) is 0 Å². The molecule has 1 aromatic heterocycles. The Bertz CT molecular complexity index is 3170. The molecule has 11 aromatic rings. The number of aryl methyl sites for hydroxylation is 1. The number of hydrogen-bond acceptors (Lipinski definition) is 0. The fourth-order valence-electron chi connectivity index (χ4n) is 8.74. The number of hydrogen-bond donors (Lipinski definition) is 0. The first kappa shape index (κ1) is 30.6. The van der Waals surface area contributed by atoms with Crippen LogP contribution in [0, 0.1) is 6.92 Å². The molecule has 0 fully saturated rings. The molecule has 0 aliphatic rings. The molecule has 1 heterocycles. The lowest BCUT2D eigenvalue weighted by atomic mass is 9.87. The molecule has 0 unspecified atom stereocenters. The second-order valence-corrected chi connectivity index (χ2v) is 14.6. The van der Waals surface area contributed by atoms with E-state index in [2.05, 4.69) is 206 Å². The Hall–Kier alpha value is -6.96. The number of nitrogens with zero attached hydrogens (tertiary/aromatic N) is 1. The van der Waals surface area contributed by atoms with E-state index in [9.17, 15) is 0 Å². The number of benzene rings is 10. The Kier molecular flexibility index (Phi) is 6.84. The number of rotatable bonds is 5. The highest BCUT2D eigenvalue weighted by molar-refractivity contribution is 6.27. The van der Waals surface area contributed by atoms with Gasteiger partial charge in [-0.15, -0.1) is 0 Å². The van der Waals surface area contributed by atoms with Crippen molar-refractivity contribution in [3.63, 3.8) is 0 Å². The van der Waals surface area contributed by atoms with E-state index in [0.717, 1.165) is 5.69 Å². The minimum Gasteiger partial charge on any atom is -0.309 e. The lowest BCUT2D eigenvalue weighted by Crippen LogP contribution is -1.94. The summed E-state index contributed by atoms with van der Waals surface area (Å²) in [6.45, 7) is 2.15. The van der Waals surface area contributed by atoms with E-state index < -0.39 is 0 Å². The summed E-state index contributed by atoms with van der Waals surface area (Å²) in [5, 5.41) is 10.4. The minimum absolute atomic E-state index is 1.15. The van der Waals surface area contributed by atoms with Gasteiger partial charge >= 0.3 is 0 Å². The Morgan fingerprint density at radius 2 is 0.778 bits per heavy atom. The molecule has 0 bridgehead atoms. The zero-order valence-electron chi connectivity index (χ0n) is 29.9. The molecule has 0 atom stereocenters. The maximum atomic E-state index is 2.42. The van der Waals surface area contributed by atoms with Gasteiger partial charge in [0, 0.05) is 16.5 Å². The summed E-state index contributed by atoms with van der Waals surface area (Å²) in [6.07, 6.45) is 0. The van der Waals surface area contributed by atoms with Crippen LogP contribution in [-0.4, -0.2) is 4.57 Å². The topological polar surface area (TPSA) is 4.93 Å². The Morgan fingerprint density at radius 3 is 1.43 bits per heavy atom. The van der Waals surface area contributed by atoms with Crippen molar-refractivity contribution in [3.05, 3.63) is 200 Å². The highest BCUT2D eigenvalue weighted by Crippen LogP contribution is 2.43. The molecule has 54 heavy (non-hydrogen) atoms. The van der Waals surface area contributed by atoms with Crippen LogP contribution in [0.5, 0.6) is 0 Å². The molecule has 0 aliphatic carbocycles. The van der Waals surface area contributed by atoms with E-state index in [4.69, 9.17) is 0 Å². The largest absolute Gasteiger partial charge is 0.309 e. The summed E-state index contributed by atoms with van der Waals surface area (Å²) >= 11 is 0. The van der Waals surface area contributed by atoms with Gasteiger partial charge in [-0.3, -0.25) is 0 Å².